The maximum Gasteiger partial charge on any atom is 0.203 e. The number of rotatable bonds is 6. The number of hydrogen-bond donors (Lipinski definition) is 4. The fraction of sp³-hybridized carbons (Fsp3) is 0.588. The zero-order valence-electron chi connectivity index (χ0n) is 25.4. The highest BCUT2D eigenvalue weighted by Gasteiger charge is 2.68. The summed E-state index contributed by atoms with van der Waals surface area (Å²) in [6.45, 7) is 10.5. The number of phenols is 1. The molecule has 1 unspecified atom stereocenters. The zero-order valence-corrected chi connectivity index (χ0v) is 25.4. The molecule has 0 amide bonds. The van der Waals surface area contributed by atoms with Crippen molar-refractivity contribution in [3.63, 3.8) is 0 Å². The van der Waals surface area contributed by atoms with Gasteiger partial charge in [0.15, 0.2) is 17.2 Å². The highest BCUT2D eigenvalue weighted by atomic mass is 16.3. The lowest BCUT2D eigenvalue weighted by molar-refractivity contribution is -0.165. The summed E-state index contributed by atoms with van der Waals surface area (Å²) in [5.41, 5.74) is -3.63. The maximum atomic E-state index is 14.2. The highest BCUT2D eigenvalue weighted by Crippen LogP contribution is 2.63. The van der Waals surface area contributed by atoms with Crippen molar-refractivity contribution in [1.29, 1.82) is 0 Å². The van der Waals surface area contributed by atoms with Crippen LogP contribution >= 0.6 is 0 Å². The number of aromatic hydroxyl groups is 1. The molecule has 4 aliphatic carbocycles. The molecule has 0 bridgehead atoms. The predicted octanol–water partition coefficient (Wildman–Crippen LogP) is 5.37. The number of aliphatic hydroxyl groups is 3. The lowest BCUT2D eigenvalue weighted by Gasteiger charge is -2.56. The lowest BCUT2D eigenvalue weighted by Crippen LogP contribution is -2.65. The van der Waals surface area contributed by atoms with Gasteiger partial charge in [-0.3, -0.25) is 19.2 Å². The van der Waals surface area contributed by atoms with Gasteiger partial charge in [0, 0.05) is 35.2 Å². The Balaban J connectivity index is 1.65. The summed E-state index contributed by atoms with van der Waals surface area (Å²) in [6.07, 6.45) is 3.47. The quantitative estimate of drug-likeness (QED) is 0.329. The molecule has 1 aromatic carbocycles. The standard InChI is InChI=1S/C34H42O8/c1-16(2)21-12-19(10-11-23(36)20-9-7-8-17(20)3)28(38)26-22(21)13-32(5)15-33(6)14-24(37)25(18(4)35)30(40)34(33,42)31(41)27(32)29(26)39/h12,16-17,20,38-40,42H,7-11,13-15H2,1-6H3/t17?,20-,32+,33-,34-/m0/s1. The number of aryl methyl sites for hydroxylation is 1. The van der Waals surface area contributed by atoms with Crippen molar-refractivity contribution >= 4 is 28.9 Å². The van der Waals surface area contributed by atoms with Gasteiger partial charge in [0.25, 0.3) is 0 Å². The van der Waals surface area contributed by atoms with E-state index in [1.54, 1.807) is 13.8 Å². The van der Waals surface area contributed by atoms with Crippen LogP contribution in [0, 0.1) is 22.7 Å². The van der Waals surface area contributed by atoms with Gasteiger partial charge in [-0.15, -0.1) is 0 Å². The Kier molecular flexibility index (Phi) is 7.12. The topological polar surface area (TPSA) is 149 Å². The number of phenolic OH excluding ortho intramolecular Hbond substituents is 1. The fourth-order valence-corrected chi connectivity index (χ4v) is 8.58. The fourth-order valence-electron chi connectivity index (χ4n) is 8.58. The van der Waals surface area contributed by atoms with Crippen molar-refractivity contribution in [3.05, 3.63) is 45.2 Å². The van der Waals surface area contributed by atoms with Crippen LogP contribution in [0.25, 0.3) is 5.76 Å². The van der Waals surface area contributed by atoms with E-state index in [4.69, 9.17) is 0 Å². The molecule has 42 heavy (non-hydrogen) atoms. The third-order valence-corrected chi connectivity index (χ3v) is 10.7. The van der Waals surface area contributed by atoms with E-state index >= 15 is 0 Å². The number of Topliss-reactive ketones (excluding diaryl/α,β-unsaturated/α-hetero) is 4. The van der Waals surface area contributed by atoms with Crippen molar-refractivity contribution in [2.24, 2.45) is 22.7 Å². The molecule has 2 saturated carbocycles. The summed E-state index contributed by atoms with van der Waals surface area (Å²) in [7, 11) is 0. The molecule has 0 spiro atoms. The summed E-state index contributed by atoms with van der Waals surface area (Å²) in [5.74, 6) is -3.52. The Hall–Kier alpha value is -3.26. The van der Waals surface area contributed by atoms with E-state index in [-0.39, 0.29) is 66.6 Å². The summed E-state index contributed by atoms with van der Waals surface area (Å²) < 4.78 is 0. The van der Waals surface area contributed by atoms with Crippen molar-refractivity contribution < 1.29 is 39.6 Å². The average molecular weight is 579 g/mol. The Morgan fingerprint density at radius 3 is 2.31 bits per heavy atom. The third kappa shape index (κ3) is 4.12. The largest absolute Gasteiger partial charge is 0.508 e. The van der Waals surface area contributed by atoms with Gasteiger partial charge in [0.2, 0.25) is 5.78 Å². The van der Waals surface area contributed by atoms with Gasteiger partial charge in [0.05, 0.1) is 5.56 Å². The van der Waals surface area contributed by atoms with Gasteiger partial charge >= 0.3 is 0 Å². The lowest BCUT2D eigenvalue weighted by atomic mass is 9.47. The molecule has 5 rings (SSSR count). The number of carbonyl (C=O) groups is 4. The molecule has 5 atom stereocenters. The van der Waals surface area contributed by atoms with Crippen LogP contribution < -0.4 is 0 Å². The zero-order chi connectivity index (χ0) is 31.1. The van der Waals surface area contributed by atoms with Crippen LogP contribution in [0.15, 0.2) is 23.0 Å². The van der Waals surface area contributed by atoms with Crippen molar-refractivity contribution in [2.75, 3.05) is 0 Å². The second-order valence-electron chi connectivity index (χ2n) is 14.1. The number of carbonyl (C=O) groups excluding carboxylic acids is 4. The van der Waals surface area contributed by atoms with E-state index in [1.165, 1.54) is 0 Å². The molecule has 0 radical (unpaired) electrons. The normalized spacial score (nSPS) is 32.7. The first-order valence-corrected chi connectivity index (χ1v) is 15.1. The molecular weight excluding hydrogens is 536 g/mol. The molecule has 2 fully saturated rings. The molecule has 4 aliphatic rings. The van der Waals surface area contributed by atoms with Crippen LogP contribution in [-0.2, 0) is 32.0 Å². The van der Waals surface area contributed by atoms with Gasteiger partial charge in [0.1, 0.15) is 28.6 Å². The van der Waals surface area contributed by atoms with Crippen LogP contribution in [0.5, 0.6) is 5.75 Å². The first-order valence-electron chi connectivity index (χ1n) is 15.1. The SMILES string of the molecule is CC(=O)C1=C(O)[C@]2(O)C(=O)C3=C(O)c4c(O)c(CCC(=O)[C@H]5CCCC5C)cc(C(C)C)c4C[C@]3(C)C[C@]2(C)CC1=O. The summed E-state index contributed by atoms with van der Waals surface area (Å²) >= 11 is 0. The van der Waals surface area contributed by atoms with Crippen molar-refractivity contribution in [1.82, 2.24) is 0 Å². The number of fused-ring (bicyclic) bond motifs is 3. The second kappa shape index (κ2) is 9.90. The van der Waals surface area contributed by atoms with Gasteiger partial charge in [-0.1, -0.05) is 47.1 Å². The van der Waals surface area contributed by atoms with Crippen LogP contribution in [-0.4, -0.2) is 49.2 Å². The Bertz CT molecular complexity index is 1490. The Morgan fingerprint density at radius 2 is 1.74 bits per heavy atom. The molecule has 0 heterocycles. The molecule has 8 nitrogen and oxygen atoms in total. The molecule has 226 valence electrons. The predicted molar refractivity (Wildman–Crippen MR) is 156 cm³/mol. The highest BCUT2D eigenvalue weighted by molar-refractivity contribution is 6.23. The van der Waals surface area contributed by atoms with E-state index in [2.05, 4.69) is 6.92 Å². The van der Waals surface area contributed by atoms with E-state index < -0.39 is 50.9 Å². The molecule has 4 N–H and O–H groups in total. The monoisotopic (exact) mass is 578 g/mol. The second-order valence-corrected chi connectivity index (χ2v) is 14.1. The van der Waals surface area contributed by atoms with Crippen LogP contribution in [0.2, 0.25) is 0 Å². The molecule has 0 saturated heterocycles. The van der Waals surface area contributed by atoms with Gasteiger partial charge in [-0.05, 0) is 67.6 Å². The van der Waals surface area contributed by atoms with Gasteiger partial charge < -0.3 is 20.4 Å². The summed E-state index contributed by atoms with van der Waals surface area (Å²) in [6, 6.07) is 1.90. The van der Waals surface area contributed by atoms with E-state index in [1.807, 2.05) is 19.9 Å². The molecule has 0 aromatic heterocycles. The number of ketones is 4. The van der Waals surface area contributed by atoms with Crippen molar-refractivity contribution in [2.45, 2.75) is 104 Å². The van der Waals surface area contributed by atoms with Crippen molar-refractivity contribution in [3.8, 4) is 5.75 Å². The van der Waals surface area contributed by atoms with E-state index in [0.717, 1.165) is 31.7 Å². The third-order valence-electron chi connectivity index (χ3n) is 10.7. The Labute approximate surface area is 246 Å². The summed E-state index contributed by atoms with van der Waals surface area (Å²) in [5, 5.41) is 46.3. The minimum absolute atomic E-state index is 0.00484. The first-order chi connectivity index (χ1) is 19.5. The van der Waals surface area contributed by atoms with E-state index in [9.17, 15) is 39.6 Å². The van der Waals surface area contributed by atoms with Crippen LogP contribution in [0.3, 0.4) is 0 Å². The number of allylic oxidation sites excluding steroid dienone is 1. The molecular formula is C34H42O8. The van der Waals surface area contributed by atoms with Crippen LogP contribution in [0.1, 0.15) is 108 Å². The number of aliphatic hydroxyl groups excluding tert-OH is 2. The maximum absolute atomic E-state index is 14.2. The number of hydrogen-bond acceptors (Lipinski definition) is 8. The van der Waals surface area contributed by atoms with Crippen LogP contribution in [0.4, 0.5) is 0 Å². The average Bonchev–Trinajstić information content (AvgIpc) is 3.30. The smallest absolute Gasteiger partial charge is 0.203 e. The van der Waals surface area contributed by atoms with E-state index in [0.29, 0.717) is 17.0 Å². The Morgan fingerprint density at radius 1 is 1.07 bits per heavy atom. The summed E-state index contributed by atoms with van der Waals surface area (Å²) in [4.78, 5) is 52.4. The minimum atomic E-state index is -2.60. The molecule has 1 aromatic rings. The number of benzene rings is 1. The first kappa shape index (κ1) is 30.2. The minimum Gasteiger partial charge on any atom is -0.508 e. The molecule has 0 aliphatic heterocycles. The molecule has 8 heteroatoms. The van der Waals surface area contributed by atoms with Gasteiger partial charge in [-0.2, -0.15) is 0 Å². The van der Waals surface area contributed by atoms with Gasteiger partial charge in [-0.25, -0.2) is 0 Å².